The zero-order valence-electron chi connectivity index (χ0n) is 24.9. The number of rotatable bonds is 7. The number of carbonyl (C=O) groups excluding carboxylic acids is 2. The fourth-order valence-corrected chi connectivity index (χ4v) is 8.93. The van der Waals surface area contributed by atoms with Crippen molar-refractivity contribution in [3.8, 4) is 17.2 Å². The average Bonchev–Trinajstić information content (AvgIpc) is 3.52. The van der Waals surface area contributed by atoms with Gasteiger partial charge in [0.25, 0.3) is 0 Å². The largest absolute Gasteiger partial charge is 0.326 e. The Kier molecular flexibility index (Phi) is 8.98. The summed E-state index contributed by atoms with van der Waals surface area (Å²) in [6.45, 7) is 0. The van der Waals surface area contributed by atoms with Gasteiger partial charge in [0.1, 0.15) is 16.3 Å². The molecule has 7 rings (SSSR count). The zero-order valence-corrected chi connectivity index (χ0v) is 27.4. The minimum absolute atomic E-state index is 0.110. The molecule has 2 aliphatic rings. The Labute approximate surface area is 285 Å². The number of carbonyl (C=O) groups is 2. The van der Waals surface area contributed by atoms with Crippen LogP contribution in [-0.4, -0.2) is 23.2 Å². The predicted octanol–water partition coefficient (Wildman–Crippen LogP) is 9.77. The van der Waals surface area contributed by atoms with Gasteiger partial charge in [-0.3, -0.25) is 9.69 Å². The average molecular weight is 669 g/mol. The quantitative estimate of drug-likeness (QED) is 0.169. The van der Waals surface area contributed by atoms with Crippen molar-refractivity contribution in [1.82, 2.24) is 0 Å². The van der Waals surface area contributed by atoms with Crippen LogP contribution in [0.4, 0.5) is 21.2 Å². The van der Waals surface area contributed by atoms with Crippen LogP contribution in [0.25, 0.3) is 11.1 Å². The van der Waals surface area contributed by atoms with Crippen molar-refractivity contribution in [3.05, 3.63) is 150 Å². The van der Waals surface area contributed by atoms with E-state index in [1.165, 1.54) is 23.1 Å². The Bertz CT molecular complexity index is 2040. The van der Waals surface area contributed by atoms with Crippen molar-refractivity contribution < 1.29 is 9.59 Å². The molecule has 0 radical (unpaired) electrons. The third-order valence-electron chi connectivity index (χ3n) is 7.87. The van der Waals surface area contributed by atoms with Crippen molar-refractivity contribution in [3.63, 3.8) is 0 Å². The highest BCUT2D eigenvalue weighted by molar-refractivity contribution is 8.00. The fourth-order valence-electron chi connectivity index (χ4n) is 5.66. The Balaban J connectivity index is 1.13. The number of nitrogens with zero attached hydrogens (tertiary/aromatic N) is 2. The van der Waals surface area contributed by atoms with Gasteiger partial charge in [0.15, 0.2) is 0 Å². The van der Waals surface area contributed by atoms with Gasteiger partial charge in [-0.15, -0.1) is 34.9 Å². The molecule has 0 saturated heterocycles. The van der Waals surface area contributed by atoms with E-state index in [-0.39, 0.29) is 23.2 Å². The van der Waals surface area contributed by atoms with E-state index in [0.717, 1.165) is 32.2 Å². The monoisotopic (exact) mass is 668 g/mol. The summed E-state index contributed by atoms with van der Waals surface area (Å²) in [7, 11) is 0. The smallest absolute Gasteiger partial charge is 0.315 e. The van der Waals surface area contributed by atoms with Gasteiger partial charge < -0.3 is 10.6 Å². The third kappa shape index (κ3) is 6.49. The number of thiophene rings is 1. The molecule has 1 aliphatic carbocycles. The standard InChI is InChI=1S/C38H28N4O2S3/c39-23-29-30(25-12-3-1-4-13-25)24-45-37(29)41-36(43)35(26-14-5-2-6-15-26)46-28-17-11-16-27(22-28)40-38(44)42-31-18-7-9-20-33(31)47-34-21-10-8-19-32(34)42/h1-22,24,31,33,35H,(H,40,44)(H,41,43). The number of anilines is 3. The summed E-state index contributed by atoms with van der Waals surface area (Å²) < 4.78 is 0. The van der Waals surface area contributed by atoms with E-state index in [1.807, 2.05) is 132 Å². The summed E-state index contributed by atoms with van der Waals surface area (Å²) >= 11 is 4.50. The molecule has 1 aliphatic heterocycles. The van der Waals surface area contributed by atoms with Crippen LogP contribution in [0.15, 0.2) is 149 Å². The molecule has 3 atom stereocenters. The molecule has 230 valence electrons. The molecule has 2 heterocycles. The molecule has 0 spiro atoms. The first kappa shape index (κ1) is 30.6. The van der Waals surface area contributed by atoms with E-state index in [4.69, 9.17) is 0 Å². The minimum atomic E-state index is -0.609. The van der Waals surface area contributed by atoms with Crippen molar-refractivity contribution in [2.75, 3.05) is 15.5 Å². The number of hydrogen-bond donors (Lipinski definition) is 2. The van der Waals surface area contributed by atoms with Crippen molar-refractivity contribution >= 4 is 63.2 Å². The van der Waals surface area contributed by atoms with Crippen molar-refractivity contribution in [2.24, 2.45) is 0 Å². The molecule has 5 aromatic rings. The van der Waals surface area contributed by atoms with E-state index in [2.05, 4.69) is 28.9 Å². The number of urea groups is 1. The van der Waals surface area contributed by atoms with Crippen LogP contribution in [0, 0.1) is 11.3 Å². The number of nitriles is 1. The number of benzene rings is 4. The van der Waals surface area contributed by atoms with Crippen LogP contribution in [-0.2, 0) is 4.79 Å². The van der Waals surface area contributed by atoms with Crippen LogP contribution in [0.5, 0.6) is 0 Å². The summed E-state index contributed by atoms with van der Waals surface area (Å²) in [6, 6.07) is 36.7. The number of allylic oxidation sites excluding steroid dienone is 2. The van der Waals surface area contributed by atoms with Gasteiger partial charge in [-0.25, -0.2) is 4.79 Å². The second-order valence-electron chi connectivity index (χ2n) is 10.9. The number of thioether (sulfide) groups is 2. The van der Waals surface area contributed by atoms with Crippen LogP contribution in [0.3, 0.4) is 0 Å². The van der Waals surface area contributed by atoms with Gasteiger partial charge in [0, 0.05) is 26.4 Å². The Morgan fingerprint density at radius 3 is 2.40 bits per heavy atom. The van der Waals surface area contributed by atoms with Gasteiger partial charge in [-0.2, -0.15) is 5.26 Å². The first-order valence-corrected chi connectivity index (χ1v) is 17.6. The molecular weight excluding hydrogens is 641 g/mol. The number of para-hydroxylation sites is 1. The maximum Gasteiger partial charge on any atom is 0.326 e. The van der Waals surface area contributed by atoms with Crippen LogP contribution >= 0.6 is 34.9 Å². The van der Waals surface area contributed by atoms with Crippen LogP contribution < -0.4 is 15.5 Å². The lowest BCUT2D eigenvalue weighted by Crippen LogP contribution is -2.49. The molecule has 0 saturated carbocycles. The third-order valence-corrected chi connectivity index (χ3v) is 11.3. The Morgan fingerprint density at radius 1 is 0.851 bits per heavy atom. The lowest BCUT2D eigenvalue weighted by Gasteiger charge is -2.40. The van der Waals surface area contributed by atoms with Gasteiger partial charge >= 0.3 is 6.03 Å². The van der Waals surface area contributed by atoms with E-state index in [9.17, 15) is 14.9 Å². The molecule has 3 amide bonds. The number of fused-ring (bicyclic) bond motifs is 2. The molecule has 47 heavy (non-hydrogen) atoms. The van der Waals surface area contributed by atoms with E-state index < -0.39 is 5.25 Å². The van der Waals surface area contributed by atoms with Crippen LogP contribution in [0.1, 0.15) is 16.4 Å². The number of amides is 3. The molecule has 0 bridgehead atoms. The van der Waals surface area contributed by atoms with Crippen molar-refractivity contribution in [2.45, 2.75) is 26.3 Å². The number of nitrogens with one attached hydrogen (secondary N) is 2. The summed E-state index contributed by atoms with van der Waals surface area (Å²) in [6.07, 6.45) is 8.21. The van der Waals surface area contributed by atoms with Gasteiger partial charge in [0.05, 0.1) is 22.5 Å². The highest BCUT2D eigenvalue weighted by Gasteiger charge is 2.36. The minimum Gasteiger partial charge on any atom is -0.315 e. The molecule has 0 fully saturated rings. The SMILES string of the molecule is N#Cc1c(-c2ccccc2)csc1NC(=O)C(Sc1cccc(NC(=O)N2c3ccccc3SC3C=CC=CC32)c1)c1ccccc1. The summed E-state index contributed by atoms with van der Waals surface area (Å²) in [5.41, 5.74) is 4.50. The van der Waals surface area contributed by atoms with Gasteiger partial charge in [0.2, 0.25) is 5.91 Å². The molecule has 3 unspecified atom stereocenters. The maximum absolute atomic E-state index is 13.9. The van der Waals surface area contributed by atoms with Crippen LogP contribution in [0.2, 0.25) is 0 Å². The number of hydrogen-bond acceptors (Lipinski definition) is 6. The van der Waals surface area contributed by atoms with E-state index in [0.29, 0.717) is 16.3 Å². The Hall–Kier alpha value is -5.01. The predicted molar refractivity (Wildman–Crippen MR) is 194 cm³/mol. The lowest BCUT2D eigenvalue weighted by atomic mass is 10.1. The second-order valence-corrected chi connectivity index (χ2v) is 14.1. The van der Waals surface area contributed by atoms with Crippen molar-refractivity contribution in [1.29, 1.82) is 5.26 Å². The maximum atomic E-state index is 13.9. The van der Waals surface area contributed by atoms with E-state index in [1.54, 1.807) is 11.8 Å². The molecule has 6 nitrogen and oxygen atoms in total. The topological polar surface area (TPSA) is 85.2 Å². The highest BCUT2D eigenvalue weighted by atomic mass is 32.2. The highest BCUT2D eigenvalue weighted by Crippen LogP contribution is 2.44. The summed E-state index contributed by atoms with van der Waals surface area (Å²) in [4.78, 5) is 31.5. The first-order chi connectivity index (χ1) is 23.1. The Morgan fingerprint density at radius 2 is 1.60 bits per heavy atom. The molecule has 2 N–H and O–H groups in total. The van der Waals surface area contributed by atoms with E-state index >= 15 is 0 Å². The fraction of sp³-hybridized carbons (Fsp3) is 0.0789. The first-order valence-electron chi connectivity index (χ1n) is 15.0. The molecule has 1 aromatic heterocycles. The molecular formula is C38H28N4O2S3. The zero-order chi connectivity index (χ0) is 32.2. The summed E-state index contributed by atoms with van der Waals surface area (Å²) in [5.74, 6) is -0.237. The summed E-state index contributed by atoms with van der Waals surface area (Å²) in [5, 5.41) is 18.1. The lowest BCUT2D eigenvalue weighted by molar-refractivity contribution is -0.115. The van der Waals surface area contributed by atoms with Gasteiger partial charge in [-0.1, -0.05) is 103 Å². The normalized spacial score (nSPS) is 16.8. The molecule has 4 aromatic carbocycles. The second kappa shape index (κ2) is 13.8. The molecule has 9 heteroatoms. The van der Waals surface area contributed by atoms with Gasteiger partial charge in [-0.05, 0) is 41.5 Å².